The van der Waals surface area contributed by atoms with Crippen molar-refractivity contribution >= 4 is 39.3 Å². The Labute approximate surface area is 175 Å². The molecule has 4 rings (SSSR count). The molecule has 3 aromatic rings. The average Bonchev–Trinajstić information content (AvgIpc) is 2.99. The molecule has 144 valence electrons. The summed E-state index contributed by atoms with van der Waals surface area (Å²) >= 11 is 3.43. The molecule has 1 aliphatic heterocycles. The van der Waals surface area contributed by atoms with Crippen LogP contribution in [0.5, 0.6) is 0 Å². The minimum atomic E-state index is -0.851. The third-order valence-electron chi connectivity index (χ3n) is 4.70. The average molecular weight is 450 g/mol. The zero-order valence-corrected chi connectivity index (χ0v) is 17.0. The van der Waals surface area contributed by atoms with Crippen LogP contribution in [0.2, 0.25) is 0 Å². The van der Waals surface area contributed by atoms with Crippen LogP contribution in [0.1, 0.15) is 22.7 Å². The zero-order valence-electron chi connectivity index (χ0n) is 15.4. The lowest BCUT2D eigenvalue weighted by Gasteiger charge is -2.23. The molecule has 0 spiro atoms. The molecule has 29 heavy (non-hydrogen) atoms. The highest BCUT2D eigenvalue weighted by atomic mass is 79.9. The first kappa shape index (κ1) is 19.0. The minimum Gasteiger partial charge on any atom is -0.507 e. The van der Waals surface area contributed by atoms with Crippen LogP contribution in [0.3, 0.4) is 0 Å². The number of ketones is 1. The van der Waals surface area contributed by atoms with Gasteiger partial charge in [-0.25, -0.2) is 9.97 Å². The normalized spacial score (nSPS) is 18.3. The van der Waals surface area contributed by atoms with Crippen LogP contribution in [0.15, 0.2) is 77.0 Å². The summed E-state index contributed by atoms with van der Waals surface area (Å²) in [5, 5.41) is 11.0. The maximum Gasteiger partial charge on any atom is 0.302 e. The number of Topliss-reactive ketones (excluding diaryl/α,β-unsaturated/α-hetero) is 1. The Hall–Kier alpha value is -3.32. The molecule has 2 aromatic carbocycles. The second-order valence-electron chi connectivity index (χ2n) is 6.64. The largest absolute Gasteiger partial charge is 0.507 e. The number of benzene rings is 2. The fourth-order valence-electron chi connectivity index (χ4n) is 3.31. The number of carbonyl (C=O) groups excluding carboxylic acids is 2. The van der Waals surface area contributed by atoms with E-state index in [1.54, 1.807) is 36.4 Å². The Morgan fingerprint density at radius 3 is 2.38 bits per heavy atom. The molecule has 1 amide bonds. The Bertz CT molecular complexity index is 1130. The van der Waals surface area contributed by atoms with Gasteiger partial charge in [0.05, 0.1) is 11.6 Å². The summed E-state index contributed by atoms with van der Waals surface area (Å²) in [7, 11) is 0. The molecule has 6 nitrogen and oxygen atoms in total. The Morgan fingerprint density at radius 1 is 1.03 bits per heavy atom. The van der Waals surface area contributed by atoms with Gasteiger partial charge in [-0.1, -0.05) is 57.9 Å². The van der Waals surface area contributed by atoms with Crippen molar-refractivity contribution in [2.75, 3.05) is 4.90 Å². The van der Waals surface area contributed by atoms with Crippen LogP contribution < -0.4 is 4.90 Å². The van der Waals surface area contributed by atoms with Crippen molar-refractivity contribution in [1.29, 1.82) is 0 Å². The monoisotopic (exact) mass is 449 g/mol. The summed E-state index contributed by atoms with van der Waals surface area (Å²) in [6.45, 7) is 1.93. The van der Waals surface area contributed by atoms with Crippen molar-refractivity contribution < 1.29 is 14.7 Å². The van der Waals surface area contributed by atoms with Gasteiger partial charge in [0.1, 0.15) is 5.76 Å². The molecular weight excluding hydrogens is 434 g/mol. The van der Waals surface area contributed by atoms with E-state index in [1.807, 2.05) is 25.1 Å². The Kier molecular flexibility index (Phi) is 4.98. The van der Waals surface area contributed by atoms with Crippen molar-refractivity contribution in [2.24, 2.45) is 0 Å². The number of amides is 1. The van der Waals surface area contributed by atoms with Crippen LogP contribution in [0.4, 0.5) is 5.95 Å². The van der Waals surface area contributed by atoms with E-state index in [-0.39, 0.29) is 17.3 Å². The zero-order chi connectivity index (χ0) is 20.5. The number of aliphatic hydroxyl groups excluding tert-OH is 1. The third-order valence-corrected chi connectivity index (χ3v) is 5.19. The number of aliphatic hydroxyl groups is 1. The summed E-state index contributed by atoms with van der Waals surface area (Å²) in [6, 6.07) is 15.1. The first-order valence-electron chi connectivity index (χ1n) is 8.88. The summed E-state index contributed by atoms with van der Waals surface area (Å²) in [4.78, 5) is 35.4. The molecule has 1 aromatic heterocycles. The van der Waals surface area contributed by atoms with E-state index in [1.165, 1.54) is 17.3 Å². The van der Waals surface area contributed by atoms with Crippen LogP contribution in [0.25, 0.3) is 5.76 Å². The molecule has 1 fully saturated rings. The number of anilines is 1. The smallest absolute Gasteiger partial charge is 0.302 e. The standard InChI is InChI=1S/C22H16BrN3O3/c1-13-6-8-14(9-7-13)19(27)17-18(15-4-2-5-16(23)12-15)26(21(29)20(17)28)22-24-10-3-11-25-22/h2-12,18,27H,1H3/t18-/m0/s1. The SMILES string of the molecule is Cc1ccc(C(O)=C2C(=O)C(=O)N(c3ncccn3)[C@H]2c2cccc(Br)c2)cc1. The summed E-state index contributed by atoms with van der Waals surface area (Å²) < 4.78 is 0.782. The maximum absolute atomic E-state index is 13.0. The second kappa shape index (κ2) is 7.60. The molecule has 7 heteroatoms. The highest BCUT2D eigenvalue weighted by Crippen LogP contribution is 2.41. The Morgan fingerprint density at radius 2 is 1.72 bits per heavy atom. The quantitative estimate of drug-likeness (QED) is 0.368. The van der Waals surface area contributed by atoms with E-state index in [0.717, 1.165) is 10.0 Å². The molecule has 0 bridgehead atoms. The summed E-state index contributed by atoms with van der Waals surface area (Å²) in [6.07, 6.45) is 3.00. The molecule has 0 aliphatic carbocycles. The molecular formula is C22H16BrN3O3. The van der Waals surface area contributed by atoms with Gasteiger partial charge < -0.3 is 5.11 Å². The van der Waals surface area contributed by atoms with Crippen molar-refractivity contribution in [2.45, 2.75) is 13.0 Å². The number of hydrogen-bond acceptors (Lipinski definition) is 5. The van der Waals surface area contributed by atoms with Gasteiger partial charge >= 0.3 is 5.91 Å². The molecule has 1 N–H and O–H groups in total. The molecule has 1 saturated heterocycles. The first-order chi connectivity index (χ1) is 14.0. The van der Waals surface area contributed by atoms with Gasteiger partial charge in [-0.3, -0.25) is 14.5 Å². The minimum absolute atomic E-state index is 0.00408. The van der Waals surface area contributed by atoms with E-state index in [4.69, 9.17) is 0 Å². The van der Waals surface area contributed by atoms with Gasteiger partial charge in [-0.15, -0.1) is 0 Å². The number of halogens is 1. The van der Waals surface area contributed by atoms with Crippen molar-refractivity contribution in [3.63, 3.8) is 0 Å². The van der Waals surface area contributed by atoms with E-state index in [2.05, 4.69) is 25.9 Å². The van der Waals surface area contributed by atoms with Gasteiger partial charge in [-0.05, 0) is 30.7 Å². The number of rotatable bonds is 3. The van der Waals surface area contributed by atoms with E-state index < -0.39 is 17.7 Å². The molecule has 1 atom stereocenters. The fraction of sp³-hybridized carbons (Fsp3) is 0.0909. The van der Waals surface area contributed by atoms with Gasteiger partial charge in [-0.2, -0.15) is 0 Å². The van der Waals surface area contributed by atoms with Crippen LogP contribution in [-0.4, -0.2) is 26.8 Å². The van der Waals surface area contributed by atoms with E-state index >= 15 is 0 Å². The molecule has 1 aliphatic rings. The first-order valence-corrected chi connectivity index (χ1v) is 9.67. The number of aromatic nitrogens is 2. The number of aryl methyl sites for hydroxylation is 1. The molecule has 0 unspecified atom stereocenters. The molecule has 2 heterocycles. The fourth-order valence-corrected chi connectivity index (χ4v) is 3.73. The number of nitrogens with zero attached hydrogens (tertiary/aromatic N) is 3. The highest BCUT2D eigenvalue weighted by molar-refractivity contribution is 9.10. The number of hydrogen-bond donors (Lipinski definition) is 1. The van der Waals surface area contributed by atoms with Crippen LogP contribution >= 0.6 is 15.9 Å². The van der Waals surface area contributed by atoms with Crippen LogP contribution in [-0.2, 0) is 9.59 Å². The van der Waals surface area contributed by atoms with Gasteiger partial charge in [0.25, 0.3) is 5.78 Å². The second-order valence-corrected chi connectivity index (χ2v) is 7.55. The lowest BCUT2D eigenvalue weighted by Crippen LogP contribution is -2.31. The molecule has 0 saturated carbocycles. The van der Waals surface area contributed by atoms with Gasteiger partial charge in [0.15, 0.2) is 0 Å². The number of carbonyl (C=O) groups is 2. The Balaban J connectivity index is 1.95. The maximum atomic E-state index is 13.0. The van der Waals surface area contributed by atoms with Gasteiger partial charge in [0.2, 0.25) is 5.95 Å². The van der Waals surface area contributed by atoms with E-state index in [9.17, 15) is 14.7 Å². The topological polar surface area (TPSA) is 83.4 Å². The predicted molar refractivity (Wildman–Crippen MR) is 112 cm³/mol. The van der Waals surface area contributed by atoms with E-state index in [0.29, 0.717) is 11.1 Å². The van der Waals surface area contributed by atoms with Crippen molar-refractivity contribution in [1.82, 2.24) is 9.97 Å². The van der Waals surface area contributed by atoms with Crippen molar-refractivity contribution in [3.8, 4) is 0 Å². The third kappa shape index (κ3) is 3.45. The van der Waals surface area contributed by atoms with Gasteiger partial charge in [0, 0.05) is 22.4 Å². The summed E-state index contributed by atoms with van der Waals surface area (Å²) in [5.74, 6) is -1.69. The van der Waals surface area contributed by atoms with Crippen molar-refractivity contribution in [3.05, 3.63) is 93.7 Å². The summed E-state index contributed by atoms with van der Waals surface area (Å²) in [5.41, 5.74) is 2.13. The predicted octanol–water partition coefficient (Wildman–Crippen LogP) is 4.17. The lowest BCUT2D eigenvalue weighted by molar-refractivity contribution is -0.132. The molecule has 0 radical (unpaired) electrons. The highest BCUT2D eigenvalue weighted by Gasteiger charge is 2.48. The lowest BCUT2D eigenvalue weighted by atomic mass is 9.95. The van der Waals surface area contributed by atoms with Crippen LogP contribution in [0, 0.1) is 6.92 Å².